The van der Waals surface area contributed by atoms with Gasteiger partial charge >= 0.3 is 6.18 Å². The van der Waals surface area contributed by atoms with Gasteiger partial charge in [-0.2, -0.15) is 13.2 Å². The van der Waals surface area contributed by atoms with E-state index in [1.54, 1.807) is 0 Å². The Balaban J connectivity index is 1.42. The van der Waals surface area contributed by atoms with Gasteiger partial charge in [-0.3, -0.25) is 9.78 Å². The van der Waals surface area contributed by atoms with Crippen LogP contribution in [0.1, 0.15) is 49.7 Å². The number of aromatic nitrogens is 1. The van der Waals surface area contributed by atoms with Gasteiger partial charge < -0.3 is 15.4 Å². The zero-order chi connectivity index (χ0) is 21.9. The number of hydrogen-bond donors (Lipinski definition) is 2. The molecule has 31 heavy (non-hydrogen) atoms. The van der Waals surface area contributed by atoms with Gasteiger partial charge in [0.1, 0.15) is 0 Å². The fourth-order valence-electron chi connectivity index (χ4n) is 5.37. The van der Waals surface area contributed by atoms with E-state index in [1.807, 2.05) is 0 Å². The number of carbonyl (C=O) groups excluding carboxylic acids is 1. The van der Waals surface area contributed by atoms with Gasteiger partial charge in [-0.05, 0) is 68.0 Å². The highest BCUT2D eigenvalue weighted by Crippen LogP contribution is 2.49. The first kappa shape index (κ1) is 22.5. The predicted octanol–water partition coefficient (Wildman–Crippen LogP) is 3.58. The molecule has 2 unspecified atom stereocenters. The normalized spacial score (nSPS) is 26.0. The summed E-state index contributed by atoms with van der Waals surface area (Å²) in [4.78, 5) is 17.2. The summed E-state index contributed by atoms with van der Waals surface area (Å²) in [6.07, 6.45) is 4.62. The third-order valence-electron chi connectivity index (χ3n) is 7.29. The number of halogens is 3. The zero-order valence-electron chi connectivity index (χ0n) is 17.8. The molecule has 2 N–H and O–H groups in total. The second-order valence-corrected chi connectivity index (χ2v) is 9.40. The molecule has 8 heteroatoms. The van der Waals surface area contributed by atoms with E-state index < -0.39 is 17.2 Å². The van der Waals surface area contributed by atoms with Crippen molar-refractivity contribution in [1.29, 1.82) is 0 Å². The summed E-state index contributed by atoms with van der Waals surface area (Å²) in [5, 5.41) is 6.48. The fraction of sp³-hybridized carbons (Fsp3) is 0.739. The Morgan fingerprint density at radius 1 is 1.26 bits per heavy atom. The average Bonchev–Trinajstić information content (AvgIpc) is 3.45. The highest BCUT2D eigenvalue weighted by Gasteiger charge is 2.51. The number of nitrogens with one attached hydrogen (secondary N) is 2. The van der Waals surface area contributed by atoms with Crippen LogP contribution in [0.25, 0.3) is 0 Å². The number of carbonyl (C=O) groups is 1. The Hall–Kier alpha value is -1.67. The summed E-state index contributed by atoms with van der Waals surface area (Å²) < 4.78 is 44.3. The number of rotatable bonds is 8. The predicted molar refractivity (Wildman–Crippen MR) is 110 cm³/mol. The molecule has 5 nitrogen and oxygen atoms in total. The van der Waals surface area contributed by atoms with E-state index in [0.717, 1.165) is 63.6 Å². The van der Waals surface area contributed by atoms with Gasteiger partial charge in [0.2, 0.25) is 5.91 Å². The Labute approximate surface area is 181 Å². The lowest BCUT2D eigenvalue weighted by molar-refractivity contribution is -0.138. The molecule has 1 aromatic rings. The van der Waals surface area contributed by atoms with Crippen LogP contribution in [0.5, 0.6) is 0 Å². The van der Waals surface area contributed by atoms with Crippen molar-refractivity contribution in [2.45, 2.75) is 51.1 Å². The molecule has 2 saturated heterocycles. The highest BCUT2D eigenvalue weighted by molar-refractivity contribution is 5.83. The van der Waals surface area contributed by atoms with E-state index in [0.29, 0.717) is 36.9 Å². The maximum atomic E-state index is 13.5. The van der Waals surface area contributed by atoms with Gasteiger partial charge in [0.05, 0.1) is 11.0 Å². The molecule has 2 atom stereocenters. The lowest BCUT2D eigenvalue weighted by Crippen LogP contribution is -2.51. The average molecular weight is 440 g/mol. The molecular weight excluding hydrogens is 407 g/mol. The van der Waals surface area contributed by atoms with E-state index in [-0.39, 0.29) is 5.91 Å². The summed E-state index contributed by atoms with van der Waals surface area (Å²) in [6, 6.07) is 1.12. The van der Waals surface area contributed by atoms with Crippen LogP contribution in [-0.2, 0) is 22.1 Å². The van der Waals surface area contributed by atoms with Crippen molar-refractivity contribution in [1.82, 2.24) is 15.6 Å². The lowest BCUT2D eigenvalue weighted by atomic mass is 9.64. The Kier molecular flexibility index (Phi) is 6.86. The van der Waals surface area contributed by atoms with Crippen molar-refractivity contribution < 1.29 is 22.7 Å². The first-order chi connectivity index (χ1) is 14.9. The summed E-state index contributed by atoms with van der Waals surface area (Å²) >= 11 is 0. The van der Waals surface area contributed by atoms with Gasteiger partial charge in [0, 0.05) is 38.7 Å². The van der Waals surface area contributed by atoms with E-state index in [9.17, 15) is 18.0 Å². The molecule has 3 fully saturated rings. The molecule has 0 radical (unpaired) electrons. The number of amides is 1. The van der Waals surface area contributed by atoms with Crippen LogP contribution in [0, 0.1) is 23.2 Å². The van der Waals surface area contributed by atoms with Crippen LogP contribution in [0.15, 0.2) is 18.5 Å². The molecule has 0 spiro atoms. The minimum Gasteiger partial charge on any atom is -0.381 e. The minimum atomic E-state index is -4.41. The number of hydrogen-bond acceptors (Lipinski definition) is 4. The number of ether oxygens (including phenoxy) is 1. The maximum Gasteiger partial charge on any atom is 0.417 e. The SMILES string of the molecule is O=C(NCCc1cncc(C(F)(F)F)c1)C1(C(CC2CC2)C2CCOCC2)CCNC1. The van der Waals surface area contributed by atoms with Crippen molar-refractivity contribution in [3.63, 3.8) is 0 Å². The standard InChI is InChI=1S/C23H32F3N3O2/c24-23(25,26)19-11-17(13-28-14-19)3-7-29-21(30)22(6-8-27-15-22)20(12-16-1-2-16)18-4-9-31-10-5-18/h11,13-14,16,18,20,27H,1-10,12,15H2,(H,29,30). The zero-order valence-corrected chi connectivity index (χ0v) is 17.8. The largest absolute Gasteiger partial charge is 0.417 e. The highest BCUT2D eigenvalue weighted by atomic mass is 19.4. The van der Waals surface area contributed by atoms with Crippen molar-refractivity contribution in [3.8, 4) is 0 Å². The summed E-state index contributed by atoms with van der Waals surface area (Å²) in [7, 11) is 0. The molecule has 0 bridgehead atoms. The monoisotopic (exact) mass is 439 g/mol. The van der Waals surface area contributed by atoms with Crippen LogP contribution >= 0.6 is 0 Å². The van der Waals surface area contributed by atoms with Gasteiger partial charge in [0.25, 0.3) is 0 Å². The van der Waals surface area contributed by atoms with Crippen LogP contribution in [-0.4, -0.2) is 43.7 Å². The first-order valence-corrected chi connectivity index (χ1v) is 11.5. The van der Waals surface area contributed by atoms with Crippen LogP contribution in [0.4, 0.5) is 13.2 Å². The molecule has 1 aromatic heterocycles. The van der Waals surface area contributed by atoms with Gasteiger partial charge in [-0.1, -0.05) is 12.8 Å². The third kappa shape index (κ3) is 5.40. The minimum absolute atomic E-state index is 0.0505. The van der Waals surface area contributed by atoms with Gasteiger partial charge in [-0.15, -0.1) is 0 Å². The molecule has 4 rings (SSSR count). The fourth-order valence-corrected chi connectivity index (χ4v) is 5.37. The maximum absolute atomic E-state index is 13.5. The molecular formula is C23H32F3N3O2. The summed E-state index contributed by atoms with van der Waals surface area (Å²) in [5.74, 6) is 1.60. The third-order valence-corrected chi connectivity index (χ3v) is 7.29. The number of pyridine rings is 1. The smallest absolute Gasteiger partial charge is 0.381 e. The first-order valence-electron chi connectivity index (χ1n) is 11.5. The quantitative estimate of drug-likeness (QED) is 0.650. The molecule has 1 aliphatic carbocycles. The van der Waals surface area contributed by atoms with Crippen molar-refractivity contribution in [2.24, 2.45) is 23.2 Å². The van der Waals surface area contributed by atoms with E-state index in [1.165, 1.54) is 19.0 Å². The van der Waals surface area contributed by atoms with Crippen molar-refractivity contribution in [2.75, 3.05) is 32.8 Å². The molecule has 1 amide bonds. The van der Waals surface area contributed by atoms with Crippen molar-refractivity contribution >= 4 is 5.91 Å². The second kappa shape index (κ2) is 9.45. The molecule has 1 saturated carbocycles. The topological polar surface area (TPSA) is 63.2 Å². The molecule has 3 heterocycles. The summed E-state index contributed by atoms with van der Waals surface area (Å²) in [6.45, 7) is 3.35. The Morgan fingerprint density at radius 2 is 2.03 bits per heavy atom. The summed E-state index contributed by atoms with van der Waals surface area (Å²) in [5.41, 5.74) is -0.707. The number of nitrogens with zero attached hydrogens (tertiary/aromatic N) is 1. The molecule has 2 aliphatic heterocycles. The van der Waals surface area contributed by atoms with Gasteiger partial charge in [0.15, 0.2) is 0 Å². The Morgan fingerprint density at radius 3 is 2.68 bits per heavy atom. The van der Waals surface area contributed by atoms with E-state index >= 15 is 0 Å². The number of alkyl halides is 3. The molecule has 3 aliphatic rings. The van der Waals surface area contributed by atoms with E-state index in [2.05, 4.69) is 15.6 Å². The lowest BCUT2D eigenvalue weighted by Gasteiger charge is -2.42. The van der Waals surface area contributed by atoms with Crippen molar-refractivity contribution in [3.05, 3.63) is 29.6 Å². The second-order valence-electron chi connectivity index (χ2n) is 9.40. The van der Waals surface area contributed by atoms with E-state index in [4.69, 9.17) is 4.74 Å². The molecule has 0 aromatic carbocycles. The van der Waals surface area contributed by atoms with Crippen LogP contribution in [0.3, 0.4) is 0 Å². The van der Waals surface area contributed by atoms with Crippen LogP contribution in [0.2, 0.25) is 0 Å². The molecule has 172 valence electrons. The van der Waals surface area contributed by atoms with Gasteiger partial charge in [-0.25, -0.2) is 0 Å². The Bertz CT molecular complexity index is 755. The van der Waals surface area contributed by atoms with Crippen LogP contribution < -0.4 is 10.6 Å².